The lowest BCUT2D eigenvalue weighted by atomic mass is 10.2. The Bertz CT molecular complexity index is 598. The SMILES string of the molecule is C[C@@H](C(=O)N[C@H]1CCN(Cc2ccccc2)C1)n1cncn1. The van der Waals surface area contributed by atoms with E-state index in [0.717, 1.165) is 26.1 Å². The summed E-state index contributed by atoms with van der Waals surface area (Å²) in [7, 11) is 0. The van der Waals surface area contributed by atoms with Crippen LogP contribution in [0.15, 0.2) is 43.0 Å². The molecule has 3 rings (SSSR count). The lowest BCUT2D eigenvalue weighted by molar-refractivity contribution is -0.124. The van der Waals surface area contributed by atoms with Crippen molar-refractivity contribution in [1.29, 1.82) is 0 Å². The summed E-state index contributed by atoms with van der Waals surface area (Å²) in [5, 5.41) is 7.13. The third-order valence-electron chi connectivity index (χ3n) is 4.08. The summed E-state index contributed by atoms with van der Waals surface area (Å²) in [5.74, 6) is -0.00272. The zero-order chi connectivity index (χ0) is 15.4. The maximum absolute atomic E-state index is 12.2. The number of hydrogen-bond acceptors (Lipinski definition) is 4. The van der Waals surface area contributed by atoms with Crippen LogP contribution in [0.4, 0.5) is 0 Å². The molecule has 116 valence electrons. The van der Waals surface area contributed by atoms with E-state index in [1.807, 2.05) is 13.0 Å². The Balaban J connectivity index is 1.49. The summed E-state index contributed by atoms with van der Waals surface area (Å²) in [6, 6.07) is 10.3. The fourth-order valence-electron chi connectivity index (χ4n) is 2.79. The predicted molar refractivity (Wildman–Crippen MR) is 83.0 cm³/mol. The molecule has 6 heteroatoms. The van der Waals surface area contributed by atoms with Gasteiger partial charge in [0.25, 0.3) is 0 Å². The molecule has 0 saturated carbocycles. The molecule has 22 heavy (non-hydrogen) atoms. The minimum absolute atomic E-state index is 0.00272. The number of carbonyl (C=O) groups is 1. The van der Waals surface area contributed by atoms with E-state index in [1.165, 1.54) is 11.9 Å². The van der Waals surface area contributed by atoms with Crippen LogP contribution in [0.1, 0.15) is 24.9 Å². The predicted octanol–water partition coefficient (Wildman–Crippen LogP) is 1.23. The molecule has 0 radical (unpaired) electrons. The third-order valence-corrected chi connectivity index (χ3v) is 4.08. The lowest BCUT2D eigenvalue weighted by Crippen LogP contribution is -2.40. The minimum Gasteiger partial charge on any atom is -0.350 e. The molecule has 2 heterocycles. The summed E-state index contributed by atoms with van der Waals surface area (Å²) >= 11 is 0. The van der Waals surface area contributed by atoms with Crippen LogP contribution >= 0.6 is 0 Å². The maximum atomic E-state index is 12.2. The van der Waals surface area contributed by atoms with Crippen molar-refractivity contribution in [2.24, 2.45) is 0 Å². The number of benzene rings is 1. The Kier molecular flexibility index (Phi) is 4.48. The topological polar surface area (TPSA) is 63.1 Å². The van der Waals surface area contributed by atoms with Gasteiger partial charge in [0.05, 0.1) is 0 Å². The molecule has 1 aromatic carbocycles. The standard InChI is InChI=1S/C16H21N5O/c1-13(21-12-17-11-18-21)16(22)19-15-7-8-20(10-15)9-14-5-3-2-4-6-14/h2-6,11-13,15H,7-10H2,1H3,(H,19,22)/t13-,15-/m0/s1. The molecule has 1 aliphatic heterocycles. The quantitative estimate of drug-likeness (QED) is 0.902. The molecule has 6 nitrogen and oxygen atoms in total. The first-order valence-corrected chi connectivity index (χ1v) is 7.63. The largest absolute Gasteiger partial charge is 0.350 e. The van der Waals surface area contributed by atoms with E-state index in [4.69, 9.17) is 0 Å². The van der Waals surface area contributed by atoms with Crippen LogP contribution in [-0.2, 0) is 11.3 Å². The second-order valence-electron chi connectivity index (χ2n) is 5.77. The summed E-state index contributed by atoms with van der Waals surface area (Å²) < 4.78 is 1.58. The molecule has 0 spiro atoms. The van der Waals surface area contributed by atoms with E-state index in [1.54, 1.807) is 11.0 Å². The summed E-state index contributed by atoms with van der Waals surface area (Å²) in [5.41, 5.74) is 1.31. The van der Waals surface area contributed by atoms with E-state index < -0.39 is 0 Å². The van der Waals surface area contributed by atoms with Gasteiger partial charge >= 0.3 is 0 Å². The van der Waals surface area contributed by atoms with Gasteiger partial charge < -0.3 is 5.32 Å². The molecular weight excluding hydrogens is 278 g/mol. The normalized spacial score (nSPS) is 20.0. The number of rotatable bonds is 5. The molecule has 1 saturated heterocycles. The summed E-state index contributed by atoms with van der Waals surface area (Å²) in [6.45, 7) is 4.68. The average Bonchev–Trinajstić information content (AvgIpc) is 3.19. The first kappa shape index (κ1) is 14.7. The highest BCUT2D eigenvalue weighted by Crippen LogP contribution is 2.14. The van der Waals surface area contributed by atoms with E-state index in [0.29, 0.717) is 0 Å². The van der Waals surface area contributed by atoms with Crippen molar-refractivity contribution in [3.05, 3.63) is 48.5 Å². The van der Waals surface area contributed by atoms with Gasteiger partial charge in [0.1, 0.15) is 18.7 Å². The highest BCUT2D eigenvalue weighted by atomic mass is 16.2. The Labute approximate surface area is 130 Å². The molecule has 0 unspecified atom stereocenters. The number of carbonyl (C=O) groups excluding carboxylic acids is 1. The molecule has 1 N–H and O–H groups in total. The van der Waals surface area contributed by atoms with E-state index in [9.17, 15) is 4.79 Å². The van der Waals surface area contributed by atoms with Crippen LogP contribution in [-0.4, -0.2) is 44.7 Å². The van der Waals surface area contributed by atoms with Crippen molar-refractivity contribution in [1.82, 2.24) is 25.0 Å². The molecular formula is C16H21N5O. The number of amides is 1. The van der Waals surface area contributed by atoms with Gasteiger partial charge in [-0.1, -0.05) is 30.3 Å². The Morgan fingerprint density at radius 1 is 1.41 bits per heavy atom. The molecule has 0 aliphatic carbocycles. The number of nitrogens with zero attached hydrogens (tertiary/aromatic N) is 4. The fourth-order valence-corrected chi connectivity index (χ4v) is 2.79. The first-order chi connectivity index (χ1) is 10.7. The summed E-state index contributed by atoms with van der Waals surface area (Å²) in [4.78, 5) is 18.5. The first-order valence-electron chi connectivity index (χ1n) is 7.63. The number of hydrogen-bond donors (Lipinski definition) is 1. The second-order valence-corrected chi connectivity index (χ2v) is 5.77. The van der Waals surface area contributed by atoms with E-state index in [2.05, 4.69) is 44.6 Å². The zero-order valence-electron chi connectivity index (χ0n) is 12.7. The van der Waals surface area contributed by atoms with Gasteiger partial charge in [0, 0.05) is 25.7 Å². The van der Waals surface area contributed by atoms with Gasteiger partial charge in [-0.2, -0.15) is 5.10 Å². The highest BCUT2D eigenvalue weighted by molar-refractivity contribution is 5.80. The maximum Gasteiger partial charge on any atom is 0.244 e. The van der Waals surface area contributed by atoms with E-state index in [-0.39, 0.29) is 18.0 Å². The highest BCUT2D eigenvalue weighted by Gasteiger charge is 2.26. The van der Waals surface area contributed by atoms with Gasteiger partial charge in [0.15, 0.2) is 0 Å². The van der Waals surface area contributed by atoms with Crippen LogP contribution < -0.4 is 5.32 Å². The minimum atomic E-state index is -0.328. The smallest absolute Gasteiger partial charge is 0.244 e. The molecule has 1 aromatic heterocycles. The monoisotopic (exact) mass is 299 g/mol. The van der Waals surface area contributed by atoms with Crippen molar-refractivity contribution in [2.45, 2.75) is 32.0 Å². The van der Waals surface area contributed by atoms with Crippen molar-refractivity contribution in [3.8, 4) is 0 Å². The van der Waals surface area contributed by atoms with Gasteiger partial charge in [0.2, 0.25) is 5.91 Å². The van der Waals surface area contributed by atoms with Crippen molar-refractivity contribution < 1.29 is 4.79 Å². The molecule has 1 amide bonds. The Hall–Kier alpha value is -2.21. The van der Waals surface area contributed by atoms with Gasteiger partial charge in [-0.05, 0) is 18.9 Å². The molecule has 2 atom stereocenters. The van der Waals surface area contributed by atoms with Gasteiger partial charge in [-0.3, -0.25) is 9.69 Å². The van der Waals surface area contributed by atoms with Crippen molar-refractivity contribution >= 4 is 5.91 Å². The molecule has 1 aliphatic rings. The van der Waals surface area contributed by atoms with Gasteiger partial charge in [-0.15, -0.1) is 0 Å². The van der Waals surface area contributed by atoms with Crippen LogP contribution in [0.5, 0.6) is 0 Å². The zero-order valence-corrected chi connectivity index (χ0v) is 12.7. The fraction of sp³-hybridized carbons (Fsp3) is 0.438. The number of nitrogens with one attached hydrogen (secondary N) is 1. The van der Waals surface area contributed by atoms with Crippen molar-refractivity contribution in [3.63, 3.8) is 0 Å². The van der Waals surface area contributed by atoms with Crippen LogP contribution in [0, 0.1) is 0 Å². The van der Waals surface area contributed by atoms with Crippen LogP contribution in [0.25, 0.3) is 0 Å². The lowest BCUT2D eigenvalue weighted by Gasteiger charge is -2.18. The van der Waals surface area contributed by atoms with Crippen LogP contribution in [0.2, 0.25) is 0 Å². The van der Waals surface area contributed by atoms with Gasteiger partial charge in [-0.25, -0.2) is 9.67 Å². The number of aromatic nitrogens is 3. The summed E-state index contributed by atoms with van der Waals surface area (Å²) in [6.07, 6.45) is 4.00. The Morgan fingerprint density at radius 2 is 2.23 bits per heavy atom. The number of likely N-dealkylation sites (tertiary alicyclic amines) is 1. The molecule has 2 aromatic rings. The Morgan fingerprint density at radius 3 is 2.95 bits per heavy atom. The third kappa shape index (κ3) is 3.51. The van der Waals surface area contributed by atoms with E-state index >= 15 is 0 Å². The molecule has 1 fully saturated rings. The average molecular weight is 299 g/mol. The van der Waals surface area contributed by atoms with Crippen molar-refractivity contribution in [2.75, 3.05) is 13.1 Å². The second kappa shape index (κ2) is 6.70. The molecule has 0 bridgehead atoms. The van der Waals surface area contributed by atoms with Crippen LogP contribution in [0.3, 0.4) is 0 Å².